The molecule has 0 spiro atoms. The van der Waals surface area contributed by atoms with Crippen molar-refractivity contribution >= 4 is 9.84 Å². The Morgan fingerprint density at radius 2 is 2.00 bits per heavy atom. The maximum atomic E-state index is 11.5. The summed E-state index contributed by atoms with van der Waals surface area (Å²) in [6, 6.07) is 0.00338. The molecule has 0 aliphatic carbocycles. The van der Waals surface area contributed by atoms with Gasteiger partial charge >= 0.3 is 0 Å². The molecular formula is C10H19NO3S. The highest BCUT2D eigenvalue weighted by Gasteiger charge is 2.46. The first kappa shape index (κ1) is 11.4. The molecule has 2 heterocycles. The summed E-state index contributed by atoms with van der Waals surface area (Å²) in [5.41, 5.74) is -0.0129. The number of morpholine rings is 1. The van der Waals surface area contributed by atoms with Crippen LogP contribution >= 0.6 is 0 Å². The number of hydrogen-bond acceptors (Lipinski definition) is 4. The first-order valence-corrected chi connectivity index (χ1v) is 7.42. The van der Waals surface area contributed by atoms with Crippen LogP contribution in [0.15, 0.2) is 0 Å². The molecule has 2 rings (SSSR count). The van der Waals surface area contributed by atoms with Crippen molar-refractivity contribution in [1.29, 1.82) is 0 Å². The molecule has 5 heteroatoms. The SMILES string of the molecule is CCC1(CC)COC2CS(=O)(=O)CC2N1. The lowest BCUT2D eigenvalue weighted by atomic mass is 9.90. The molecule has 2 aliphatic heterocycles. The van der Waals surface area contributed by atoms with Crippen molar-refractivity contribution in [3.63, 3.8) is 0 Å². The van der Waals surface area contributed by atoms with E-state index in [4.69, 9.17) is 4.74 Å². The van der Waals surface area contributed by atoms with Gasteiger partial charge in [-0.3, -0.25) is 0 Å². The largest absolute Gasteiger partial charge is 0.374 e. The molecule has 15 heavy (non-hydrogen) atoms. The number of hydrogen-bond donors (Lipinski definition) is 1. The highest BCUT2D eigenvalue weighted by Crippen LogP contribution is 2.28. The fourth-order valence-electron chi connectivity index (χ4n) is 2.47. The number of ether oxygens (including phenoxy) is 1. The molecule has 2 fully saturated rings. The summed E-state index contributed by atoms with van der Waals surface area (Å²) in [5, 5.41) is 3.48. The average molecular weight is 233 g/mol. The van der Waals surface area contributed by atoms with Crippen molar-refractivity contribution in [3.8, 4) is 0 Å². The zero-order valence-electron chi connectivity index (χ0n) is 9.32. The van der Waals surface area contributed by atoms with E-state index >= 15 is 0 Å². The van der Waals surface area contributed by atoms with Gasteiger partial charge in [-0.15, -0.1) is 0 Å². The fourth-order valence-corrected chi connectivity index (χ4v) is 4.28. The van der Waals surface area contributed by atoms with E-state index in [-0.39, 0.29) is 29.2 Å². The molecule has 2 unspecified atom stereocenters. The predicted octanol–water partition coefficient (Wildman–Crippen LogP) is 0.331. The lowest BCUT2D eigenvalue weighted by Gasteiger charge is -2.42. The van der Waals surface area contributed by atoms with E-state index in [1.807, 2.05) is 0 Å². The molecule has 0 radical (unpaired) electrons. The molecule has 2 saturated heterocycles. The minimum absolute atomic E-state index is 0.00338. The summed E-state index contributed by atoms with van der Waals surface area (Å²) in [5.74, 6) is 0.424. The molecule has 88 valence electrons. The van der Waals surface area contributed by atoms with Gasteiger partial charge in [0.05, 0.1) is 24.2 Å². The molecule has 0 saturated carbocycles. The van der Waals surface area contributed by atoms with Crippen molar-refractivity contribution < 1.29 is 13.2 Å². The van der Waals surface area contributed by atoms with Gasteiger partial charge in [0.25, 0.3) is 0 Å². The van der Waals surface area contributed by atoms with Gasteiger partial charge in [0, 0.05) is 11.6 Å². The van der Waals surface area contributed by atoms with Crippen molar-refractivity contribution in [1.82, 2.24) is 5.32 Å². The van der Waals surface area contributed by atoms with Crippen LogP contribution < -0.4 is 5.32 Å². The minimum atomic E-state index is -2.88. The van der Waals surface area contributed by atoms with Gasteiger partial charge in [0.1, 0.15) is 0 Å². The smallest absolute Gasteiger partial charge is 0.154 e. The van der Waals surface area contributed by atoms with Gasteiger partial charge in [0.15, 0.2) is 9.84 Å². The van der Waals surface area contributed by atoms with Crippen LogP contribution in [0.2, 0.25) is 0 Å². The van der Waals surface area contributed by atoms with Gasteiger partial charge in [0.2, 0.25) is 0 Å². The molecule has 4 nitrogen and oxygen atoms in total. The van der Waals surface area contributed by atoms with E-state index in [0.717, 1.165) is 12.8 Å². The van der Waals surface area contributed by atoms with Crippen molar-refractivity contribution in [3.05, 3.63) is 0 Å². The molecule has 2 atom stereocenters. The second-order valence-corrected chi connectivity index (χ2v) is 6.82. The molecule has 0 aromatic heterocycles. The van der Waals surface area contributed by atoms with Crippen LogP contribution in [0.4, 0.5) is 0 Å². The Labute approximate surface area is 91.3 Å². The standard InChI is InChI=1S/C10H19NO3S/c1-3-10(4-2)7-14-9-6-15(12,13)5-8(9)11-10/h8-9,11H,3-7H2,1-2H3. The first-order valence-electron chi connectivity index (χ1n) is 5.60. The molecule has 0 aromatic rings. The molecular weight excluding hydrogens is 214 g/mol. The van der Waals surface area contributed by atoms with Gasteiger partial charge in [-0.25, -0.2) is 8.42 Å². The average Bonchev–Trinajstić information content (AvgIpc) is 2.50. The normalized spacial score (nSPS) is 37.5. The van der Waals surface area contributed by atoms with E-state index in [2.05, 4.69) is 19.2 Å². The molecule has 0 bridgehead atoms. The highest BCUT2D eigenvalue weighted by molar-refractivity contribution is 7.91. The number of nitrogens with one attached hydrogen (secondary N) is 1. The number of rotatable bonds is 2. The van der Waals surface area contributed by atoms with Crippen LogP contribution in [-0.4, -0.2) is 44.2 Å². The summed E-state index contributed by atoms with van der Waals surface area (Å²) < 4.78 is 28.6. The molecule has 0 aromatic carbocycles. The Morgan fingerprint density at radius 3 is 2.60 bits per heavy atom. The Kier molecular flexibility index (Phi) is 2.81. The maximum Gasteiger partial charge on any atom is 0.154 e. The van der Waals surface area contributed by atoms with Gasteiger partial charge in [-0.05, 0) is 12.8 Å². The molecule has 0 amide bonds. The van der Waals surface area contributed by atoms with Crippen LogP contribution in [0.5, 0.6) is 0 Å². The minimum Gasteiger partial charge on any atom is -0.374 e. The zero-order chi connectivity index (χ0) is 11.1. The fraction of sp³-hybridized carbons (Fsp3) is 1.00. The topological polar surface area (TPSA) is 55.4 Å². The lowest BCUT2D eigenvalue weighted by Crippen LogP contribution is -2.61. The van der Waals surface area contributed by atoms with Gasteiger partial charge in [-0.2, -0.15) is 0 Å². The monoisotopic (exact) mass is 233 g/mol. The summed E-state index contributed by atoms with van der Waals surface area (Å²) in [6.07, 6.45) is 1.83. The van der Waals surface area contributed by atoms with Crippen LogP contribution in [0, 0.1) is 0 Å². The van der Waals surface area contributed by atoms with Crippen molar-refractivity contribution in [2.45, 2.75) is 44.4 Å². The molecule has 1 N–H and O–H groups in total. The Morgan fingerprint density at radius 1 is 1.33 bits per heavy atom. The summed E-state index contributed by atoms with van der Waals surface area (Å²) in [4.78, 5) is 0. The summed E-state index contributed by atoms with van der Waals surface area (Å²) in [7, 11) is -2.88. The Hall–Kier alpha value is -0.130. The van der Waals surface area contributed by atoms with Gasteiger partial charge < -0.3 is 10.1 Å². The van der Waals surface area contributed by atoms with E-state index in [0.29, 0.717) is 6.61 Å². The number of sulfone groups is 1. The quantitative estimate of drug-likeness (QED) is 0.747. The van der Waals surface area contributed by atoms with Crippen LogP contribution in [0.25, 0.3) is 0 Å². The van der Waals surface area contributed by atoms with E-state index in [1.165, 1.54) is 0 Å². The Balaban J connectivity index is 2.13. The molecule has 2 aliphatic rings. The van der Waals surface area contributed by atoms with Crippen molar-refractivity contribution in [2.75, 3.05) is 18.1 Å². The Bertz CT molecular complexity index is 335. The highest BCUT2D eigenvalue weighted by atomic mass is 32.2. The summed E-state index contributed by atoms with van der Waals surface area (Å²) in [6.45, 7) is 4.87. The third-order valence-electron chi connectivity index (χ3n) is 3.72. The van der Waals surface area contributed by atoms with Crippen LogP contribution in [0.1, 0.15) is 26.7 Å². The third-order valence-corrected chi connectivity index (χ3v) is 5.42. The van der Waals surface area contributed by atoms with Crippen molar-refractivity contribution in [2.24, 2.45) is 0 Å². The summed E-state index contributed by atoms with van der Waals surface area (Å²) >= 11 is 0. The van der Waals surface area contributed by atoms with E-state index in [1.54, 1.807) is 0 Å². The number of fused-ring (bicyclic) bond motifs is 1. The maximum absolute atomic E-state index is 11.5. The lowest BCUT2D eigenvalue weighted by molar-refractivity contribution is -0.0448. The second kappa shape index (κ2) is 3.71. The van der Waals surface area contributed by atoms with Crippen LogP contribution in [-0.2, 0) is 14.6 Å². The van der Waals surface area contributed by atoms with E-state index < -0.39 is 9.84 Å². The van der Waals surface area contributed by atoms with Crippen LogP contribution in [0.3, 0.4) is 0 Å². The third kappa shape index (κ3) is 2.05. The first-order chi connectivity index (χ1) is 7.00. The zero-order valence-corrected chi connectivity index (χ0v) is 10.1. The second-order valence-electron chi connectivity index (χ2n) is 4.66. The predicted molar refractivity (Wildman–Crippen MR) is 58.6 cm³/mol. The van der Waals surface area contributed by atoms with E-state index in [9.17, 15) is 8.42 Å². The van der Waals surface area contributed by atoms with Gasteiger partial charge in [-0.1, -0.05) is 13.8 Å².